The van der Waals surface area contributed by atoms with Crippen molar-refractivity contribution in [3.05, 3.63) is 58.6 Å². The highest BCUT2D eigenvalue weighted by atomic mass is 35.5. The molecule has 0 N–H and O–H groups in total. The van der Waals surface area contributed by atoms with Crippen molar-refractivity contribution in [2.75, 3.05) is 6.79 Å². The summed E-state index contributed by atoms with van der Waals surface area (Å²) in [6.07, 6.45) is 2.03. The molecule has 0 atom stereocenters. The van der Waals surface area contributed by atoms with Crippen LogP contribution in [0.25, 0.3) is 0 Å². The van der Waals surface area contributed by atoms with Gasteiger partial charge in [0.05, 0.1) is 16.8 Å². The Labute approximate surface area is 146 Å². The number of carbonyl (C=O) groups is 1. The highest BCUT2D eigenvalue weighted by Crippen LogP contribution is 2.33. The van der Waals surface area contributed by atoms with E-state index in [0.29, 0.717) is 17.0 Å². The number of fused-ring (bicyclic) bond motifs is 1. The minimum Gasteiger partial charge on any atom is -0.454 e. The highest BCUT2D eigenvalue weighted by Gasteiger charge is 2.20. The van der Waals surface area contributed by atoms with Gasteiger partial charge in [-0.1, -0.05) is 29.8 Å². The van der Waals surface area contributed by atoms with E-state index in [1.165, 1.54) is 6.21 Å². The first-order valence-corrected chi connectivity index (χ1v) is 8.05. The van der Waals surface area contributed by atoms with E-state index in [-0.39, 0.29) is 12.6 Å². The smallest absolute Gasteiger partial charge is 0.231 e. The number of ether oxygens (including phenoxy) is 2. The molecule has 0 unspecified atom stereocenters. The standard InChI is InChI=1S/C19H18ClNO3/c1-19(2,10-13-7-8-17-18(9-13)24-12-23-17)21-11-16(22)14-5-3-4-6-15(14)20/h3-9,11H,10,12H2,1-2H3. The lowest BCUT2D eigenvalue weighted by Gasteiger charge is -2.19. The number of ketones is 1. The third-order valence-electron chi connectivity index (χ3n) is 3.74. The number of halogens is 1. The maximum Gasteiger partial charge on any atom is 0.231 e. The van der Waals surface area contributed by atoms with Crippen LogP contribution in [-0.4, -0.2) is 24.3 Å². The van der Waals surface area contributed by atoms with Gasteiger partial charge in [-0.3, -0.25) is 9.79 Å². The van der Waals surface area contributed by atoms with Gasteiger partial charge in [-0.15, -0.1) is 0 Å². The van der Waals surface area contributed by atoms with Crippen LogP contribution in [0.2, 0.25) is 5.02 Å². The van der Waals surface area contributed by atoms with Gasteiger partial charge in [-0.25, -0.2) is 0 Å². The number of nitrogens with zero attached hydrogens (tertiary/aromatic N) is 1. The van der Waals surface area contributed by atoms with Crippen LogP contribution < -0.4 is 9.47 Å². The Morgan fingerprint density at radius 2 is 1.96 bits per heavy atom. The summed E-state index contributed by atoms with van der Waals surface area (Å²) < 4.78 is 10.7. The molecule has 0 bridgehead atoms. The minimum absolute atomic E-state index is 0.195. The van der Waals surface area contributed by atoms with Gasteiger partial charge in [0.25, 0.3) is 0 Å². The van der Waals surface area contributed by atoms with Gasteiger partial charge in [0.15, 0.2) is 11.5 Å². The maximum absolute atomic E-state index is 12.2. The second kappa shape index (κ2) is 6.65. The summed E-state index contributed by atoms with van der Waals surface area (Å²) in [5.74, 6) is 1.31. The van der Waals surface area contributed by atoms with Gasteiger partial charge >= 0.3 is 0 Å². The zero-order valence-corrected chi connectivity index (χ0v) is 14.3. The largest absolute Gasteiger partial charge is 0.454 e. The van der Waals surface area contributed by atoms with Gasteiger partial charge in [0, 0.05) is 5.56 Å². The van der Waals surface area contributed by atoms with E-state index in [0.717, 1.165) is 17.1 Å². The van der Waals surface area contributed by atoms with Gasteiger partial charge in [-0.05, 0) is 50.1 Å². The summed E-state index contributed by atoms with van der Waals surface area (Å²) in [4.78, 5) is 16.7. The van der Waals surface area contributed by atoms with Crippen LogP contribution in [0, 0.1) is 0 Å². The Morgan fingerprint density at radius 3 is 2.75 bits per heavy atom. The quantitative estimate of drug-likeness (QED) is 0.599. The first kappa shape index (κ1) is 16.5. The normalized spacial score (nSPS) is 13.5. The Morgan fingerprint density at radius 1 is 1.21 bits per heavy atom. The third kappa shape index (κ3) is 3.77. The molecule has 1 heterocycles. The second-order valence-corrected chi connectivity index (χ2v) is 6.69. The molecule has 0 radical (unpaired) electrons. The molecule has 0 aromatic heterocycles. The first-order valence-electron chi connectivity index (χ1n) is 7.67. The second-order valence-electron chi connectivity index (χ2n) is 6.28. The Balaban J connectivity index is 1.71. The average Bonchev–Trinajstić information content (AvgIpc) is 3.00. The summed E-state index contributed by atoms with van der Waals surface area (Å²) in [5, 5.41) is 0.433. The SMILES string of the molecule is CC(C)(Cc1ccc2c(c1)OCO2)N=CC(=O)c1ccccc1Cl. The van der Waals surface area contributed by atoms with Gasteiger partial charge in [0.2, 0.25) is 12.6 Å². The molecule has 24 heavy (non-hydrogen) atoms. The van der Waals surface area contributed by atoms with E-state index in [1.54, 1.807) is 24.3 Å². The van der Waals surface area contributed by atoms with Crippen LogP contribution in [0.4, 0.5) is 0 Å². The van der Waals surface area contributed by atoms with Crippen molar-refractivity contribution in [2.24, 2.45) is 4.99 Å². The predicted octanol–water partition coefficient (Wildman–Crippen LogP) is 4.34. The van der Waals surface area contributed by atoms with Gasteiger partial charge in [-0.2, -0.15) is 0 Å². The van der Waals surface area contributed by atoms with Crippen molar-refractivity contribution >= 4 is 23.6 Å². The number of benzene rings is 2. The van der Waals surface area contributed by atoms with E-state index >= 15 is 0 Å². The van der Waals surface area contributed by atoms with Crippen LogP contribution >= 0.6 is 11.6 Å². The molecule has 0 aliphatic carbocycles. The van der Waals surface area contributed by atoms with Crippen LogP contribution in [-0.2, 0) is 6.42 Å². The monoisotopic (exact) mass is 343 g/mol. The summed E-state index contributed by atoms with van der Waals surface area (Å²) >= 11 is 6.04. The Bertz CT molecular complexity index is 799. The van der Waals surface area contributed by atoms with Crippen molar-refractivity contribution < 1.29 is 14.3 Å². The van der Waals surface area contributed by atoms with Gasteiger partial charge in [0.1, 0.15) is 0 Å². The number of hydrogen-bond donors (Lipinski definition) is 0. The average molecular weight is 344 g/mol. The topological polar surface area (TPSA) is 47.9 Å². The Kier molecular flexibility index (Phi) is 4.58. The third-order valence-corrected chi connectivity index (χ3v) is 4.07. The molecule has 1 aliphatic rings. The first-order chi connectivity index (χ1) is 11.4. The van der Waals surface area contributed by atoms with E-state index < -0.39 is 5.54 Å². The molecule has 0 amide bonds. The lowest BCUT2D eigenvalue weighted by atomic mass is 9.95. The van der Waals surface area contributed by atoms with Crippen molar-refractivity contribution in [2.45, 2.75) is 25.8 Å². The van der Waals surface area contributed by atoms with Crippen molar-refractivity contribution in [3.8, 4) is 11.5 Å². The predicted molar refractivity (Wildman–Crippen MR) is 94.6 cm³/mol. The zero-order chi connectivity index (χ0) is 17.2. The molecule has 0 spiro atoms. The molecule has 3 rings (SSSR count). The molecular weight excluding hydrogens is 326 g/mol. The minimum atomic E-state index is -0.426. The van der Waals surface area contributed by atoms with E-state index in [4.69, 9.17) is 21.1 Å². The van der Waals surface area contributed by atoms with Crippen LogP contribution in [0.15, 0.2) is 47.5 Å². The molecule has 2 aromatic rings. The maximum atomic E-state index is 12.2. The summed E-state index contributed by atoms with van der Waals surface area (Å²) in [7, 11) is 0. The number of Topliss-reactive ketones (excluding diaryl/α,β-unsaturated/α-hetero) is 1. The summed E-state index contributed by atoms with van der Waals surface area (Å²) in [6, 6.07) is 12.8. The van der Waals surface area contributed by atoms with Crippen molar-refractivity contribution in [1.82, 2.24) is 0 Å². The number of hydrogen-bond acceptors (Lipinski definition) is 4. The fourth-order valence-electron chi connectivity index (χ4n) is 2.56. The van der Waals surface area contributed by atoms with E-state index in [2.05, 4.69) is 4.99 Å². The molecule has 0 fully saturated rings. The molecular formula is C19H18ClNO3. The number of carbonyl (C=O) groups excluding carboxylic acids is 1. The van der Waals surface area contributed by atoms with Crippen LogP contribution in [0.1, 0.15) is 29.8 Å². The van der Waals surface area contributed by atoms with E-state index in [9.17, 15) is 4.79 Å². The van der Waals surface area contributed by atoms with E-state index in [1.807, 2.05) is 32.0 Å². The fourth-order valence-corrected chi connectivity index (χ4v) is 2.79. The molecule has 1 aliphatic heterocycles. The summed E-state index contributed by atoms with van der Waals surface area (Å²) in [5.41, 5.74) is 1.11. The fraction of sp³-hybridized carbons (Fsp3) is 0.263. The lowest BCUT2D eigenvalue weighted by Crippen LogP contribution is -2.21. The molecule has 0 saturated heterocycles. The van der Waals surface area contributed by atoms with Crippen LogP contribution in [0.3, 0.4) is 0 Å². The number of rotatable bonds is 5. The molecule has 0 saturated carbocycles. The zero-order valence-electron chi connectivity index (χ0n) is 13.6. The molecule has 124 valence electrons. The van der Waals surface area contributed by atoms with Gasteiger partial charge < -0.3 is 9.47 Å². The van der Waals surface area contributed by atoms with Crippen molar-refractivity contribution in [3.63, 3.8) is 0 Å². The summed E-state index contributed by atoms with van der Waals surface area (Å²) in [6.45, 7) is 4.22. The van der Waals surface area contributed by atoms with Crippen molar-refractivity contribution in [1.29, 1.82) is 0 Å². The Hall–Kier alpha value is -2.33. The molecule has 5 heteroatoms. The highest BCUT2D eigenvalue weighted by molar-refractivity contribution is 6.42. The number of aliphatic imine (C=N–C) groups is 1. The van der Waals surface area contributed by atoms with Crippen LogP contribution in [0.5, 0.6) is 11.5 Å². The molecule has 2 aromatic carbocycles. The molecule has 4 nitrogen and oxygen atoms in total. The lowest BCUT2D eigenvalue weighted by molar-refractivity contribution is 0.107.